The Morgan fingerprint density at radius 1 is 0.844 bits per heavy atom. The molecule has 32 heavy (non-hydrogen) atoms. The minimum absolute atomic E-state index is 0.0301. The van der Waals surface area contributed by atoms with Crippen LogP contribution in [0.15, 0.2) is 60.7 Å². The van der Waals surface area contributed by atoms with Gasteiger partial charge >= 0.3 is 0 Å². The van der Waals surface area contributed by atoms with E-state index in [1.807, 2.05) is 56.3 Å². The van der Waals surface area contributed by atoms with Crippen LogP contribution in [0.4, 0.5) is 13.2 Å². The van der Waals surface area contributed by atoms with Gasteiger partial charge in [0, 0.05) is 5.56 Å². The number of rotatable bonds is 5. The normalized spacial score (nSPS) is 18.9. The predicted molar refractivity (Wildman–Crippen MR) is 126 cm³/mol. The molecule has 3 aromatic rings. The second kappa shape index (κ2) is 9.77. The van der Waals surface area contributed by atoms with Crippen molar-refractivity contribution >= 4 is 6.08 Å². The molecule has 0 nitrogen and oxygen atoms in total. The van der Waals surface area contributed by atoms with Gasteiger partial charge in [0.25, 0.3) is 0 Å². The average Bonchev–Trinajstić information content (AvgIpc) is 2.81. The molecule has 1 saturated carbocycles. The van der Waals surface area contributed by atoms with Crippen LogP contribution in [0.25, 0.3) is 17.2 Å². The molecule has 0 aliphatic heterocycles. The Balaban J connectivity index is 1.42. The van der Waals surface area contributed by atoms with Crippen LogP contribution in [0, 0.1) is 30.3 Å². The SMILES string of the molecule is CCc1ccc(/C=C/C2CCC(c3ccc(-c4ccc(C)cc4)c(F)c3F)CC2)cc1F. The van der Waals surface area contributed by atoms with E-state index in [2.05, 4.69) is 6.08 Å². The van der Waals surface area contributed by atoms with Crippen LogP contribution in [0.2, 0.25) is 0 Å². The highest BCUT2D eigenvalue weighted by Gasteiger charge is 2.25. The van der Waals surface area contributed by atoms with Gasteiger partial charge in [0.15, 0.2) is 11.6 Å². The highest BCUT2D eigenvalue weighted by molar-refractivity contribution is 5.65. The van der Waals surface area contributed by atoms with Crippen LogP contribution in [-0.4, -0.2) is 0 Å². The van der Waals surface area contributed by atoms with Crippen LogP contribution < -0.4 is 0 Å². The minimum Gasteiger partial charge on any atom is -0.207 e. The van der Waals surface area contributed by atoms with Crippen LogP contribution in [0.5, 0.6) is 0 Å². The molecule has 0 heterocycles. The molecule has 0 unspecified atom stereocenters. The number of aryl methyl sites for hydroxylation is 2. The average molecular weight is 435 g/mol. The largest absolute Gasteiger partial charge is 0.207 e. The van der Waals surface area contributed by atoms with Gasteiger partial charge in [-0.1, -0.05) is 73.2 Å². The number of halogens is 3. The molecule has 0 atom stereocenters. The summed E-state index contributed by atoms with van der Waals surface area (Å²) in [5, 5.41) is 0. The first-order chi connectivity index (χ1) is 15.5. The number of hydrogen-bond acceptors (Lipinski definition) is 0. The van der Waals surface area contributed by atoms with Crippen molar-refractivity contribution in [2.75, 3.05) is 0 Å². The first-order valence-corrected chi connectivity index (χ1v) is 11.5. The lowest BCUT2D eigenvalue weighted by Crippen LogP contribution is -2.13. The third-order valence-electron chi connectivity index (χ3n) is 6.71. The zero-order valence-electron chi connectivity index (χ0n) is 18.7. The lowest BCUT2D eigenvalue weighted by Gasteiger charge is -2.27. The van der Waals surface area contributed by atoms with Crippen molar-refractivity contribution in [1.82, 2.24) is 0 Å². The van der Waals surface area contributed by atoms with Crippen molar-refractivity contribution in [1.29, 1.82) is 0 Å². The Morgan fingerprint density at radius 2 is 1.56 bits per heavy atom. The third kappa shape index (κ3) is 4.82. The molecule has 0 bridgehead atoms. The van der Waals surface area contributed by atoms with Gasteiger partial charge in [-0.3, -0.25) is 0 Å². The van der Waals surface area contributed by atoms with Gasteiger partial charge in [-0.05, 0) is 79.2 Å². The van der Waals surface area contributed by atoms with Crippen molar-refractivity contribution in [3.05, 3.63) is 100 Å². The van der Waals surface area contributed by atoms with Gasteiger partial charge in [-0.25, -0.2) is 13.2 Å². The molecule has 0 aromatic heterocycles. The summed E-state index contributed by atoms with van der Waals surface area (Å²) in [4.78, 5) is 0. The molecule has 3 aromatic carbocycles. The van der Waals surface area contributed by atoms with Gasteiger partial charge in [0.1, 0.15) is 5.82 Å². The first-order valence-electron chi connectivity index (χ1n) is 11.5. The van der Waals surface area contributed by atoms with Crippen molar-refractivity contribution in [3.8, 4) is 11.1 Å². The van der Waals surface area contributed by atoms with Crippen LogP contribution in [0.3, 0.4) is 0 Å². The van der Waals surface area contributed by atoms with E-state index in [1.165, 1.54) is 0 Å². The molecule has 166 valence electrons. The van der Waals surface area contributed by atoms with Crippen molar-refractivity contribution in [2.45, 2.75) is 51.9 Å². The predicted octanol–water partition coefficient (Wildman–Crippen LogP) is 8.63. The molecule has 0 amide bonds. The van der Waals surface area contributed by atoms with E-state index in [9.17, 15) is 13.2 Å². The van der Waals surface area contributed by atoms with Crippen molar-refractivity contribution < 1.29 is 13.2 Å². The molecule has 3 heteroatoms. The van der Waals surface area contributed by atoms with Crippen molar-refractivity contribution in [2.24, 2.45) is 5.92 Å². The molecular weight excluding hydrogens is 405 g/mol. The Labute approximate surface area is 188 Å². The molecule has 0 radical (unpaired) electrons. The number of hydrogen-bond donors (Lipinski definition) is 0. The molecule has 0 N–H and O–H groups in total. The molecule has 1 fully saturated rings. The fourth-order valence-electron chi connectivity index (χ4n) is 4.66. The molecular formula is C29H29F3. The fraction of sp³-hybridized carbons (Fsp3) is 0.310. The van der Waals surface area contributed by atoms with Crippen LogP contribution >= 0.6 is 0 Å². The second-order valence-corrected chi connectivity index (χ2v) is 8.87. The topological polar surface area (TPSA) is 0 Å². The third-order valence-corrected chi connectivity index (χ3v) is 6.71. The fourth-order valence-corrected chi connectivity index (χ4v) is 4.66. The quantitative estimate of drug-likeness (QED) is 0.377. The zero-order chi connectivity index (χ0) is 22.7. The monoisotopic (exact) mass is 434 g/mol. The van der Waals surface area contributed by atoms with Crippen molar-refractivity contribution in [3.63, 3.8) is 0 Å². The van der Waals surface area contributed by atoms with Gasteiger partial charge in [-0.2, -0.15) is 0 Å². The summed E-state index contributed by atoms with van der Waals surface area (Å²) in [5.41, 5.74) is 4.16. The zero-order valence-corrected chi connectivity index (χ0v) is 18.7. The van der Waals surface area contributed by atoms with E-state index >= 15 is 0 Å². The van der Waals surface area contributed by atoms with Gasteiger partial charge in [0.2, 0.25) is 0 Å². The smallest absolute Gasteiger partial charge is 0.166 e. The Morgan fingerprint density at radius 3 is 2.22 bits per heavy atom. The summed E-state index contributed by atoms with van der Waals surface area (Å²) in [5.74, 6) is -1.23. The number of benzene rings is 3. The first kappa shape index (κ1) is 22.4. The molecule has 1 aliphatic rings. The van der Waals surface area contributed by atoms with E-state index in [4.69, 9.17) is 0 Å². The van der Waals surface area contributed by atoms with Crippen LogP contribution in [0.1, 0.15) is 60.8 Å². The van der Waals surface area contributed by atoms with Gasteiger partial charge < -0.3 is 0 Å². The van der Waals surface area contributed by atoms with E-state index in [-0.39, 0.29) is 11.7 Å². The van der Waals surface area contributed by atoms with Gasteiger partial charge in [-0.15, -0.1) is 0 Å². The minimum atomic E-state index is -0.758. The Kier molecular flexibility index (Phi) is 6.83. The molecule has 0 saturated heterocycles. The Hall–Kier alpha value is -2.81. The van der Waals surface area contributed by atoms with E-state index < -0.39 is 11.6 Å². The highest BCUT2D eigenvalue weighted by atomic mass is 19.2. The summed E-state index contributed by atoms with van der Waals surface area (Å²) in [6.45, 7) is 3.91. The highest BCUT2D eigenvalue weighted by Crippen LogP contribution is 2.39. The lowest BCUT2D eigenvalue weighted by atomic mass is 9.78. The standard InChI is InChI=1S/C29H29F3/c1-3-22-13-10-21(18-27(22)30)7-6-20-8-14-24(15-9-20)26-17-16-25(28(31)29(26)32)23-11-4-19(2)5-12-23/h4-7,10-13,16-18,20,24H,3,8-9,14-15H2,1-2H3/b7-6+. The Bertz CT molecular complexity index is 1100. The molecule has 0 spiro atoms. The van der Waals surface area contributed by atoms with E-state index in [0.29, 0.717) is 29.0 Å². The number of allylic oxidation sites excluding steroid dienone is 1. The maximum absolute atomic E-state index is 15.0. The molecule has 4 rings (SSSR count). The summed E-state index contributed by atoms with van der Waals surface area (Å²) >= 11 is 0. The van der Waals surface area contributed by atoms with Crippen LogP contribution in [-0.2, 0) is 6.42 Å². The molecule has 1 aliphatic carbocycles. The van der Waals surface area contributed by atoms with E-state index in [1.54, 1.807) is 18.2 Å². The summed E-state index contributed by atoms with van der Waals surface area (Å²) in [7, 11) is 0. The van der Waals surface area contributed by atoms with E-state index in [0.717, 1.165) is 42.4 Å². The maximum atomic E-state index is 15.0. The maximum Gasteiger partial charge on any atom is 0.166 e. The summed E-state index contributed by atoms with van der Waals surface area (Å²) in [6.07, 6.45) is 8.26. The lowest BCUT2D eigenvalue weighted by molar-refractivity contribution is 0.365. The second-order valence-electron chi connectivity index (χ2n) is 8.87. The summed E-state index contributed by atoms with van der Waals surface area (Å²) in [6, 6.07) is 16.3. The van der Waals surface area contributed by atoms with Gasteiger partial charge in [0.05, 0.1) is 0 Å². The summed E-state index contributed by atoms with van der Waals surface area (Å²) < 4.78 is 43.8.